The lowest BCUT2D eigenvalue weighted by Crippen LogP contribution is -2.39. The largest absolute Gasteiger partial charge is 0.481 e. The average Bonchev–Trinajstić information content (AvgIpc) is 2.34. The summed E-state index contributed by atoms with van der Waals surface area (Å²) in [5.74, 6) is -1.05. The smallest absolute Gasteiger partial charge is 0.304 e. The maximum Gasteiger partial charge on any atom is 0.304 e. The Kier molecular flexibility index (Phi) is 5.13. The van der Waals surface area contributed by atoms with Crippen LogP contribution in [0.25, 0.3) is 0 Å². The standard InChI is InChI=1S/C9H14N4O4S/c1-13(5-3-9(14)15)18(16,17)12-6-8-2-4-10-7-11-8/h2,4,7,12H,3,5-6H2,1H3,(H,14,15). The molecule has 0 aliphatic heterocycles. The Morgan fingerprint density at radius 3 is 2.83 bits per heavy atom. The van der Waals surface area contributed by atoms with Gasteiger partial charge in [-0.1, -0.05) is 0 Å². The van der Waals surface area contributed by atoms with Crippen molar-refractivity contribution in [1.82, 2.24) is 19.0 Å². The maximum atomic E-state index is 11.7. The van der Waals surface area contributed by atoms with E-state index in [4.69, 9.17) is 5.11 Å². The Bertz CT molecular complexity index is 491. The van der Waals surface area contributed by atoms with Crippen molar-refractivity contribution in [2.75, 3.05) is 13.6 Å². The van der Waals surface area contributed by atoms with Gasteiger partial charge < -0.3 is 5.11 Å². The highest BCUT2D eigenvalue weighted by Gasteiger charge is 2.17. The SMILES string of the molecule is CN(CCC(=O)O)S(=O)(=O)NCc1ccncn1. The monoisotopic (exact) mass is 274 g/mol. The Balaban J connectivity index is 2.51. The van der Waals surface area contributed by atoms with Gasteiger partial charge in [-0.05, 0) is 6.07 Å². The van der Waals surface area contributed by atoms with Crippen LogP contribution in [0.15, 0.2) is 18.6 Å². The molecule has 18 heavy (non-hydrogen) atoms. The van der Waals surface area contributed by atoms with Crippen LogP contribution in [0.4, 0.5) is 0 Å². The molecule has 0 aliphatic rings. The topological polar surface area (TPSA) is 112 Å². The molecule has 0 radical (unpaired) electrons. The molecule has 0 spiro atoms. The van der Waals surface area contributed by atoms with Crippen molar-refractivity contribution in [3.63, 3.8) is 0 Å². The Labute approximate surface area is 105 Å². The van der Waals surface area contributed by atoms with Crippen molar-refractivity contribution in [3.8, 4) is 0 Å². The Morgan fingerprint density at radius 1 is 1.56 bits per heavy atom. The third kappa shape index (κ3) is 4.73. The molecule has 0 bridgehead atoms. The van der Waals surface area contributed by atoms with Crippen LogP contribution in [0, 0.1) is 0 Å². The first-order valence-electron chi connectivity index (χ1n) is 5.09. The fourth-order valence-corrected chi connectivity index (χ4v) is 1.95. The molecule has 0 saturated carbocycles. The molecule has 0 unspecified atom stereocenters. The predicted octanol–water partition coefficient (Wildman–Crippen LogP) is -0.782. The first-order valence-corrected chi connectivity index (χ1v) is 6.53. The Morgan fingerprint density at radius 2 is 2.28 bits per heavy atom. The highest BCUT2D eigenvalue weighted by molar-refractivity contribution is 7.87. The molecule has 9 heteroatoms. The quantitative estimate of drug-likeness (QED) is 0.674. The van der Waals surface area contributed by atoms with Crippen LogP contribution < -0.4 is 4.72 Å². The number of nitrogens with zero attached hydrogens (tertiary/aromatic N) is 3. The predicted molar refractivity (Wildman–Crippen MR) is 62.7 cm³/mol. The number of carbonyl (C=O) groups is 1. The van der Waals surface area contributed by atoms with Gasteiger partial charge in [-0.3, -0.25) is 4.79 Å². The van der Waals surface area contributed by atoms with E-state index in [2.05, 4.69) is 14.7 Å². The van der Waals surface area contributed by atoms with E-state index in [1.165, 1.54) is 19.6 Å². The van der Waals surface area contributed by atoms with Gasteiger partial charge >= 0.3 is 5.97 Å². The highest BCUT2D eigenvalue weighted by Crippen LogP contribution is 1.98. The molecule has 0 aromatic carbocycles. The minimum Gasteiger partial charge on any atom is -0.481 e. The second kappa shape index (κ2) is 6.38. The number of rotatable bonds is 7. The third-order valence-electron chi connectivity index (χ3n) is 2.13. The molecule has 8 nitrogen and oxygen atoms in total. The van der Waals surface area contributed by atoms with Gasteiger partial charge in [-0.25, -0.2) is 9.97 Å². The summed E-state index contributed by atoms with van der Waals surface area (Å²) in [6.07, 6.45) is 2.58. The van der Waals surface area contributed by atoms with Gasteiger partial charge in [0.15, 0.2) is 0 Å². The lowest BCUT2D eigenvalue weighted by atomic mass is 10.4. The van der Waals surface area contributed by atoms with Crippen LogP contribution in [0.1, 0.15) is 12.1 Å². The molecule has 0 saturated heterocycles. The summed E-state index contributed by atoms with van der Waals surface area (Å²) in [6, 6.07) is 1.58. The molecule has 2 N–H and O–H groups in total. The molecule has 0 atom stereocenters. The molecule has 0 fully saturated rings. The van der Waals surface area contributed by atoms with Crippen LogP contribution in [0.5, 0.6) is 0 Å². The normalized spacial score (nSPS) is 11.7. The van der Waals surface area contributed by atoms with Gasteiger partial charge in [-0.2, -0.15) is 17.4 Å². The number of carboxylic acids is 1. The number of hydrogen-bond donors (Lipinski definition) is 2. The molecule has 1 heterocycles. The molecule has 0 aliphatic carbocycles. The molecular formula is C9H14N4O4S. The minimum atomic E-state index is -3.69. The van der Waals surface area contributed by atoms with Crippen molar-refractivity contribution in [3.05, 3.63) is 24.3 Å². The number of hydrogen-bond acceptors (Lipinski definition) is 5. The minimum absolute atomic E-state index is 0.0300. The molecule has 1 rings (SSSR count). The molecule has 1 aromatic rings. The van der Waals surface area contributed by atoms with Crippen molar-refractivity contribution in [1.29, 1.82) is 0 Å². The van der Waals surface area contributed by atoms with Gasteiger partial charge in [-0.15, -0.1) is 0 Å². The highest BCUT2D eigenvalue weighted by atomic mass is 32.2. The lowest BCUT2D eigenvalue weighted by molar-refractivity contribution is -0.137. The van der Waals surface area contributed by atoms with Crippen LogP contribution in [0.2, 0.25) is 0 Å². The van der Waals surface area contributed by atoms with E-state index in [-0.39, 0.29) is 19.5 Å². The van der Waals surface area contributed by atoms with Crippen LogP contribution in [0.3, 0.4) is 0 Å². The first kappa shape index (κ1) is 14.5. The fraction of sp³-hybridized carbons (Fsp3) is 0.444. The molecular weight excluding hydrogens is 260 g/mol. The summed E-state index contributed by atoms with van der Waals surface area (Å²) >= 11 is 0. The average molecular weight is 274 g/mol. The Hall–Kier alpha value is -1.58. The summed E-state index contributed by atoms with van der Waals surface area (Å²) in [4.78, 5) is 17.9. The van der Waals surface area contributed by atoms with Crippen LogP contribution in [-0.4, -0.2) is 47.4 Å². The van der Waals surface area contributed by atoms with E-state index in [1.807, 2.05) is 0 Å². The number of aromatic nitrogens is 2. The van der Waals surface area contributed by atoms with Gasteiger partial charge in [0.25, 0.3) is 10.2 Å². The van der Waals surface area contributed by atoms with Crippen molar-refractivity contribution in [2.24, 2.45) is 0 Å². The molecule has 1 aromatic heterocycles. The number of nitrogens with one attached hydrogen (secondary N) is 1. The van der Waals surface area contributed by atoms with E-state index in [1.54, 1.807) is 6.07 Å². The summed E-state index contributed by atoms with van der Waals surface area (Å²) in [6.45, 7) is -0.0588. The van der Waals surface area contributed by atoms with Gasteiger partial charge in [0, 0.05) is 19.8 Å². The molecule has 0 amide bonds. The molecule has 100 valence electrons. The third-order valence-corrected chi connectivity index (χ3v) is 3.64. The summed E-state index contributed by atoms with van der Waals surface area (Å²) in [7, 11) is -2.38. The van der Waals surface area contributed by atoms with Gasteiger partial charge in [0.05, 0.1) is 18.7 Å². The maximum absolute atomic E-state index is 11.7. The van der Waals surface area contributed by atoms with E-state index < -0.39 is 16.2 Å². The van der Waals surface area contributed by atoms with Crippen molar-refractivity contribution < 1.29 is 18.3 Å². The zero-order valence-electron chi connectivity index (χ0n) is 9.78. The second-order valence-electron chi connectivity index (χ2n) is 3.49. The van der Waals surface area contributed by atoms with E-state index in [0.717, 1.165) is 4.31 Å². The zero-order valence-corrected chi connectivity index (χ0v) is 10.6. The lowest BCUT2D eigenvalue weighted by Gasteiger charge is -2.16. The van der Waals surface area contributed by atoms with Gasteiger partial charge in [0.1, 0.15) is 6.33 Å². The summed E-state index contributed by atoms with van der Waals surface area (Å²) in [5, 5.41) is 8.48. The number of carboxylic acid groups (broad SMARTS) is 1. The van der Waals surface area contributed by atoms with Crippen LogP contribution in [-0.2, 0) is 21.5 Å². The van der Waals surface area contributed by atoms with Crippen molar-refractivity contribution >= 4 is 16.2 Å². The second-order valence-corrected chi connectivity index (χ2v) is 5.35. The fourth-order valence-electron chi connectivity index (χ4n) is 1.07. The van der Waals surface area contributed by atoms with Crippen LogP contribution >= 0.6 is 0 Å². The summed E-state index contributed by atoms with van der Waals surface area (Å²) in [5.41, 5.74) is 0.528. The summed E-state index contributed by atoms with van der Waals surface area (Å²) < 4.78 is 26.7. The number of aliphatic carboxylic acids is 1. The van der Waals surface area contributed by atoms with Gasteiger partial charge in [0.2, 0.25) is 0 Å². The van der Waals surface area contributed by atoms with E-state index >= 15 is 0 Å². The zero-order chi connectivity index (χ0) is 13.6. The van der Waals surface area contributed by atoms with E-state index in [0.29, 0.717) is 5.69 Å². The first-order chi connectivity index (χ1) is 8.42. The van der Waals surface area contributed by atoms with Crippen molar-refractivity contribution in [2.45, 2.75) is 13.0 Å². The van der Waals surface area contributed by atoms with E-state index in [9.17, 15) is 13.2 Å².